The Morgan fingerprint density at radius 2 is 2.32 bits per heavy atom. The molecular weight excluding hydrogens is 249 g/mol. The fraction of sp³-hybridized carbons (Fsp3) is 0.357. The highest BCUT2D eigenvalue weighted by Gasteiger charge is 2.10. The summed E-state index contributed by atoms with van der Waals surface area (Å²) in [5, 5.41) is 11.3. The normalized spacial score (nSPS) is 9.63. The van der Waals surface area contributed by atoms with E-state index >= 15 is 0 Å². The summed E-state index contributed by atoms with van der Waals surface area (Å²) in [4.78, 5) is 11.9. The number of aliphatic hydroxyl groups excluding tert-OH is 1. The first kappa shape index (κ1) is 15.2. The number of halogens is 1. The molecule has 19 heavy (non-hydrogen) atoms. The van der Waals surface area contributed by atoms with Gasteiger partial charge in [-0.1, -0.05) is 11.8 Å². The van der Waals surface area contributed by atoms with E-state index in [0.29, 0.717) is 25.1 Å². The van der Waals surface area contributed by atoms with E-state index in [-0.39, 0.29) is 12.2 Å². The second kappa shape index (κ2) is 8.25. The van der Waals surface area contributed by atoms with Gasteiger partial charge in [0.2, 0.25) is 0 Å². The van der Waals surface area contributed by atoms with Crippen LogP contribution < -0.4 is 5.32 Å². The second-order valence-electron chi connectivity index (χ2n) is 3.71. The summed E-state index contributed by atoms with van der Waals surface area (Å²) >= 11 is 0. The third kappa shape index (κ3) is 5.08. The van der Waals surface area contributed by atoms with Crippen LogP contribution in [0.2, 0.25) is 0 Å². The number of carbonyl (C=O) groups excluding carboxylic acids is 1. The molecule has 0 saturated carbocycles. The van der Waals surface area contributed by atoms with Crippen molar-refractivity contribution < 1.29 is 19.0 Å². The fourth-order valence-corrected chi connectivity index (χ4v) is 1.39. The van der Waals surface area contributed by atoms with Gasteiger partial charge < -0.3 is 15.2 Å². The average Bonchev–Trinajstić information content (AvgIpc) is 2.40. The summed E-state index contributed by atoms with van der Waals surface area (Å²) in [5.74, 6) is 4.56. The maximum atomic E-state index is 13.2. The molecule has 0 radical (unpaired) electrons. The minimum atomic E-state index is -0.496. The summed E-state index contributed by atoms with van der Waals surface area (Å²) in [6.45, 7) is 0.672. The van der Waals surface area contributed by atoms with E-state index in [1.54, 1.807) is 0 Å². The summed E-state index contributed by atoms with van der Waals surface area (Å²) in [5.41, 5.74) is 0.617. The van der Waals surface area contributed by atoms with Crippen molar-refractivity contribution in [1.29, 1.82) is 0 Å². The number of benzene rings is 1. The SMILES string of the molecule is COCCNC(=O)c1cc(F)ccc1C#CCCO. The Balaban J connectivity index is 2.88. The number of hydrogen-bond donors (Lipinski definition) is 2. The minimum absolute atomic E-state index is 0.0520. The lowest BCUT2D eigenvalue weighted by molar-refractivity contribution is 0.0936. The van der Waals surface area contributed by atoms with Crippen LogP contribution in [0.5, 0.6) is 0 Å². The average molecular weight is 265 g/mol. The van der Waals surface area contributed by atoms with Crippen molar-refractivity contribution in [3.05, 3.63) is 35.1 Å². The molecule has 0 atom stereocenters. The summed E-state index contributed by atoms with van der Waals surface area (Å²) in [6.07, 6.45) is 0.308. The van der Waals surface area contributed by atoms with Gasteiger partial charge in [-0.25, -0.2) is 4.39 Å². The van der Waals surface area contributed by atoms with Crippen LogP contribution >= 0.6 is 0 Å². The molecule has 0 aromatic heterocycles. The molecule has 1 aromatic rings. The summed E-state index contributed by atoms with van der Waals surface area (Å²) in [7, 11) is 1.53. The molecule has 5 heteroatoms. The molecule has 1 rings (SSSR count). The smallest absolute Gasteiger partial charge is 0.252 e. The van der Waals surface area contributed by atoms with E-state index in [0.717, 1.165) is 6.07 Å². The number of methoxy groups -OCH3 is 1. The molecule has 2 N–H and O–H groups in total. The molecule has 0 aliphatic heterocycles. The van der Waals surface area contributed by atoms with Crippen LogP contribution in [0.1, 0.15) is 22.3 Å². The number of rotatable bonds is 5. The van der Waals surface area contributed by atoms with Gasteiger partial charge in [-0.2, -0.15) is 0 Å². The number of ether oxygens (including phenoxy) is 1. The van der Waals surface area contributed by atoms with Crippen molar-refractivity contribution >= 4 is 5.91 Å². The summed E-state index contributed by atoms with van der Waals surface area (Å²) in [6, 6.07) is 3.84. The zero-order chi connectivity index (χ0) is 14.1. The number of aliphatic hydroxyl groups is 1. The second-order valence-corrected chi connectivity index (χ2v) is 3.71. The van der Waals surface area contributed by atoms with E-state index in [4.69, 9.17) is 9.84 Å². The van der Waals surface area contributed by atoms with Gasteiger partial charge in [0, 0.05) is 25.6 Å². The first-order valence-electron chi connectivity index (χ1n) is 5.85. The largest absolute Gasteiger partial charge is 0.395 e. The predicted molar refractivity (Wildman–Crippen MR) is 69.2 cm³/mol. The van der Waals surface area contributed by atoms with Gasteiger partial charge in [0.05, 0.1) is 18.8 Å². The Morgan fingerprint density at radius 3 is 3.00 bits per heavy atom. The quantitative estimate of drug-likeness (QED) is 0.615. The molecular formula is C14H16FNO3. The van der Waals surface area contributed by atoms with E-state index < -0.39 is 11.7 Å². The zero-order valence-corrected chi connectivity index (χ0v) is 10.7. The zero-order valence-electron chi connectivity index (χ0n) is 10.7. The molecule has 0 spiro atoms. The van der Waals surface area contributed by atoms with E-state index in [9.17, 15) is 9.18 Å². The Bertz CT molecular complexity index is 491. The predicted octanol–water partition coefficient (Wildman–Crippen LogP) is 0.936. The first-order chi connectivity index (χ1) is 9.19. The van der Waals surface area contributed by atoms with Crippen LogP contribution in [0.3, 0.4) is 0 Å². The van der Waals surface area contributed by atoms with Crippen LogP contribution in [0.25, 0.3) is 0 Å². The van der Waals surface area contributed by atoms with Gasteiger partial charge in [0.1, 0.15) is 5.82 Å². The van der Waals surface area contributed by atoms with Crippen molar-refractivity contribution in [2.24, 2.45) is 0 Å². The molecule has 0 fully saturated rings. The van der Waals surface area contributed by atoms with E-state index in [1.807, 2.05) is 0 Å². The third-order valence-electron chi connectivity index (χ3n) is 2.28. The van der Waals surface area contributed by atoms with Crippen molar-refractivity contribution in [2.45, 2.75) is 6.42 Å². The highest BCUT2D eigenvalue weighted by atomic mass is 19.1. The van der Waals surface area contributed by atoms with Gasteiger partial charge in [-0.05, 0) is 18.2 Å². The summed E-state index contributed by atoms with van der Waals surface area (Å²) < 4.78 is 18.0. The van der Waals surface area contributed by atoms with Crippen molar-refractivity contribution in [3.63, 3.8) is 0 Å². The molecule has 4 nitrogen and oxygen atoms in total. The van der Waals surface area contributed by atoms with Crippen LogP contribution in [-0.2, 0) is 4.74 Å². The molecule has 1 aromatic carbocycles. The third-order valence-corrected chi connectivity index (χ3v) is 2.28. The monoisotopic (exact) mass is 265 g/mol. The van der Waals surface area contributed by atoms with Crippen molar-refractivity contribution in [2.75, 3.05) is 26.9 Å². The maximum Gasteiger partial charge on any atom is 0.252 e. The van der Waals surface area contributed by atoms with Crippen LogP contribution in [0.15, 0.2) is 18.2 Å². The number of amides is 1. The van der Waals surface area contributed by atoms with Gasteiger partial charge in [0.25, 0.3) is 5.91 Å². The first-order valence-corrected chi connectivity index (χ1v) is 5.85. The number of nitrogens with one attached hydrogen (secondary N) is 1. The van der Waals surface area contributed by atoms with Crippen molar-refractivity contribution in [1.82, 2.24) is 5.32 Å². The minimum Gasteiger partial charge on any atom is -0.395 e. The Labute approximate surface area is 111 Å². The van der Waals surface area contributed by atoms with Crippen LogP contribution in [-0.4, -0.2) is 37.9 Å². The Hall–Kier alpha value is -1.90. The fourth-order valence-electron chi connectivity index (χ4n) is 1.39. The lowest BCUT2D eigenvalue weighted by Gasteiger charge is -2.06. The highest BCUT2D eigenvalue weighted by Crippen LogP contribution is 2.10. The standard InChI is InChI=1S/C14H16FNO3/c1-19-9-7-16-14(18)13-10-12(15)6-5-11(13)4-2-3-8-17/h5-6,10,17H,3,7-9H2,1H3,(H,16,18). The molecule has 0 aliphatic rings. The Morgan fingerprint density at radius 1 is 1.53 bits per heavy atom. The molecule has 102 valence electrons. The van der Waals surface area contributed by atoms with Crippen LogP contribution in [0, 0.1) is 17.7 Å². The number of hydrogen-bond acceptors (Lipinski definition) is 3. The molecule has 0 bridgehead atoms. The topological polar surface area (TPSA) is 58.6 Å². The lowest BCUT2D eigenvalue weighted by Crippen LogP contribution is -2.27. The van der Waals surface area contributed by atoms with E-state index in [2.05, 4.69) is 17.2 Å². The van der Waals surface area contributed by atoms with Gasteiger partial charge in [0.15, 0.2) is 0 Å². The lowest BCUT2D eigenvalue weighted by atomic mass is 10.1. The van der Waals surface area contributed by atoms with Gasteiger partial charge in [-0.3, -0.25) is 4.79 Å². The van der Waals surface area contributed by atoms with Crippen LogP contribution in [0.4, 0.5) is 4.39 Å². The van der Waals surface area contributed by atoms with Gasteiger partial charge in [-0.15, -0.1) is 0 Å². The Kier molecular flexibility index (Phi) is 6.58. The van der Waals surface area contributed by atoms with E-state index in [1.165, 1.54) is 19.2 Å². The molecule has 0 aliphatic carbocycles. The molecule has 0 saturated heterocycles. The molecule has 0 heterocycles. The molecule has 1 amide bonds. The maximum absolute atomic E-state index is 13.2. The number of carbonyl (C=O) groups is 1. The van der Waals surface area contributed by atoms with Crippen molar-refractivity contribution in [3.8, 4) is 11.8 Å². The van der Waals surface area contributed by atoms with Gasteiger partial charge >= 0.3 is 0 Å². The highest BCUT2D eigenvalue weighted by molar-refractivity contribution is 5.96. The molecule has 0 unspecified atom stereocenters.